The van der Waals surface area contributed by atoms with E-state index >= 15 is 0 Å². The van der Waals surface area contributed by atoms with Crippen molar-refractivity contribution in [3.8, 4) is 22.3 Å². The number of rotatable bonds is 6. The molecule has 0 amide bonds. The lowest BCUT2D eigenvalue weighted by molar-refractivity contribution is 0.589. The van der Waals surface area contributed by atoms with Crippen LogP contribution in [0.5, 0.6) is 0 Å². The molecule has 0 radical (unpaired) electrons. The van der Waals surface area contributed by atoms with Gasteiger partial charge in [-0.1, -0.05) is 211 Å². The van der Waals surface area contributed by atoms with Crippen LogP contribution in [0.1, 0.15) is 74.9 Å². The first-order valence-electron chi connectivity index (χ1n) is 28.4. The van der Waals surface area contributed by atoms with Crippen LogP contribution in [-0.2, 0) is 16.2 Å². The second-order valence-electron chi connectivity index (χ2n) is 24.4. The number of para-hydroxylation sites is 2. The van der Waals surface area contributed by atoms with Crippen molar-refractivity contribution in [3.63, 3.8) is 0 Å². The summed E-state index contributed by atoms with van der Waals surface area (Å²) in [5.74, 6) is 0. The molecular formula is C77H58N2S2. The molecule has 2 heterocycles. The third-order valence-electron chi connectivity index (χ3n) is 17.7. The van der Waals surface area contributed by atoms with E-state index in [9.17, 15) is 0 Å². The summed E-state index contributed by atoms with van der Waals surface area (Å²) < 4.78 is 5.17. The molecule has 2 aliphatic carbocycles. The molecule has 388 valence electrons. The van der Waals surface area contributed by atoms with Crippen LogP contribution in [0.4, 0.5) is 34.1 Å². The number of hydrogen-bond acceptors (Lipinski definition) is 4. The predicted molar refractivity (Wildman–Crippen MR) is 350 cm³/mol. The molecule has 1 spiro atoms. The molecule has 0 atom stereocenters. The van der Waals surface area contributed by atoms with E-state index in [4.69, 9.17) is 0 Å². The van der Waals surface area contributed by atoms with Crippen molar-refractivity contribution in [1.29, 1.82) is 0 Å². The first-order chi connectivity index (χ1) is 39.4. The number of benzene rings is 12. The van der Waals surface area contributed by atoms with Crippen molar-refractivity contribution in [3.05, 3.63) is 276 Å². The minimum absolute atomic E-state index is 0.0418. The van der Waals surface area contributed by atoms with E-state index in [-0.39, 0.29) is 10.8 Å². The molecule has 0 saturated carbocycles. The molecule has 0 saturated heterocycles. The normalized spacial score (nSPS) is 13.4. The van der Waals surface area contributed by atoms with Crippen molar-refractivity contribution in [1.82, 2.24) is 0 Å². The van der Waals surface area contributed by atoms with Gasteiger partial charge in [0, 0.05) is 53.7 Å². The first-order valence-corrected chi connectivity index (χ1v) is 30.0. The summed E-state index contributed by atoms with van der Waals surface area (Å²) in [5.41, 5.74) is 19.6. The smallest absolute Gasteiger partial charge is 0.0737 e. The van der Waals surface area contributed by atoms with E-state index in [0.717, 1.165) is 22.7 Å². The van der Waals surface area contributed by atoms with Crippen molar-refractivity contribution in [2.75, 3.05) is 9.80 Å². The zero-order valence-corrected chi connectivity index (χ0v) is 47.9. The van der Waals surface area contributed by atoms with Crippen LogP contribution in [0.15, 0.2) is 243 Å². The van der Waals surface area contributed by atoms with E-state index in [2.05, 4.69) is 294 Å². The van der Waals surface area contributed by atoms with Crippen molar-refractivity contribution < 1.29 is 0 Å². The summed E-state index contributed by atoms with van der Waals surface area (Å²) in [6.07, 6.45) is 0. The topological polar surface area (TPSA) is 6.48 Å². The molecule has 0 unspecified atom stereocenters. The average molecular weight is 1080 g/mol. The van der Waals surface area contributed by atoms with Gasteiger partial charge in [-0.3, -0.25) is 0 Å². The summed E-state index contributed by atoms with van der Waals surface area (Å²) in [6, 6.07) is 92.4. The zero-order valence-electron chi connectivity index (χ0n) is 46.3. The third-order valence-corrected chi connectivity index (χ3v) is 20.1. The predicted octanol–water partition coefficient (Wildman–Crippen LogP) is 22.6. The Bertz CT molecular complexity index is 4600. The Kier molecular flexibility index (Phi) is 10.5. The van der Waals surface area contributed by atoms with Crippen molar-refractivity contribution in [2.45, 2.75) is 57.8 Å². The third kappa shape index (κ3) is 7.10. The number of nitrogens with zero attached hydrogens (tertiary/aromatic N) is 2. The van der Waals surface area contributed by atoms with Gasteiger partial charge < -0.3 is 9.80 Å². The van der Waals surface area contributed by atoms with Crippen LogP contribution in [0.2, 0.25) is 0 Å². The SMILES string of the molecule is CC(C)(C)c1ccc2c(c1)-c1cc(C(C)(C)C)ccc1C21c2c(ccc3cc(N(c4ccccc4)c4cccc5c4sc4ccccc45)ccc23)-c2ccc3cc(N(c4ccccc4)c4cccc5c4sc4ccccc45)ccc3c21. The minimum atomic E-state index is -0.631. The second kappa shape index (κ2) is 17.6. The fourth-order valence-corrected chi connectivity index (χ4v) is 16.3. The lowest BCUT2D eigenvalue weighted by atomic mass is 9.68. The zero-order chi connectivity index (χ0) is 54.5. The molecular weight excluding hydrogens is 1020 g/mol. The highest BCUT2D eigenvalue weighted by molar-refractivity contribution is 7.26. The molecule has 0 fully saturated rings. The standard InChI is InChI=1S/C77H58N2S2/c1-75(2,3)49-33-41-65-63(45-49)64-46-50(76(4,5)6)34-42-66(64)77(65)71-55-39-35-53(78(51-19-9-7-10-20-51)67-27-17-25-61-57-23-13-15-29-69(57)80-73(61)67)43-47(55)31-37-59(71)60-38-32-48-44-54(36-40-56(48)72(60)77)79(52-21-11-8-12-22-52)68-28-18-26-62-58-24-14-16-30-70(58)81-74(62)68/h7-46H,1-6H3. The Morgan fingerprint density at radius 3 is 1.15 bits per heavy atom. The second-order valence-corrected chi connectivity index (χ2v) is 26.5. The Morgan fingerprint density at radius 1 is 0.309 bits per heavy atom. The monoisotopic (exact) mass is 1070 g/mol. The van der Waals surface area contributed by atoms with Crippen molar-refractivity contribution >= 4 is 119 Å². The molecule has 0 N–H and O–H groups in total. The fourth-order valence-electron chi connectivity index (χ4n) is 13.9. The molecule has 2 nitrogen and oxygen atoms in total. The summed E-state index contributed by atoms with van der Waals surface area (Å²) in [5, 5.41) is 10.2. The molecule has 12 aromatic carbocycles. The molecule has 4 heteroatoms. The maximum atomic E-state index is 2.54. The van der Waals surface area contributed by atoms with E-state index < -0.39 is 5.41 Å². The van der Waals surface area contributed by atoms with Crippen LogP contribution in [0.3, 0.4) is 0 Å². The van der Waals surface area contributed by atoms with Gasteiger partial charge in [0.2, 0.25) is 0 Å². The van der Waals surface area contributed by atoms with Gasteiger partial charge in [-0.25, -0.2) is 0 Å². The van der Waals surface area contributed by atoms with E-state index in [1.807, 2.05) is 22.7 Å². The lowest BCUT2D eigenvalue weighted by Crippen LogP contribution is -2.27. The number of fused-ring (bicyclic) bond motifs is 20. The molecule has 2 aromatic heterocycles. The maximum Gasteiger partial charge on any atom is 0.0737 e. The lowest BCUT2D eigenvalue weighted by Gasteiger charge is -2.33. The molecule has 0 bridgehead atoms. The van der Waals surface area contributed by atoms with Crippen LogP contribution in [-0.4, -0.2) is 0 Å². The molecule has 14 aromatic rings. The van der Waals surface area contributed by atoms with Gasteiger partial charge in [0.1, 0.15) is 0 Å². The summed E-state index contributed by atoms with van der Waals surface area (Å²) in [4.78, 5) is 4.95. The van der Waals surface area contributed by atoms with Crippen LogP contribution < -0.4 is 9.80 Å². The maximum absolute atomic E-state index is 2.54. The largest absolute Gasteiger partial charge is 0.309 e. The van der Waals surface area contributed by atoms with Gasteiger partial charge in [-0.15, -0.1) is 22.7 Å². The minimum Gasteiger partial charge on any atom is -0.309 e. The van der Waals surface area contributed by atoms with E-state index in [1.165, 1.54) is 129 Å². The molecule has 2 aliphatic rings. The molecule has 16 rings (SSSR count). The summed E-state index contributed by atoms with van der Waals surface area (Å²) >= 11 is 3.76. The van der Waals surface area contributed by atoms with Gasteiger partial charge in [0.05, 0.1) is 26.2 Å². The van der Waals surface area contributed by atoms with Gasteiger partial charge in [-0.05, 0) is 161 Å². The highest BCUT2D eigenvalue weighted by Gasteiger charge is 2.54. The Balaban J connectivity index is 0.959. The van der Waals surface area contributed by atoms with Gasteiger partial charge in [0.25, 0.3) is 0 Å². The highest BCUT2D eigenvalue weighted by atomic mass is 32.1. The van der Waals surface area contributed by atoms with E-state index in [0.29, 0.717) is 0 Å². The quantitative estimate of drug-likeness (QED) is 0.164. The van der Waals surface area contributed by atoms with Crippen molar-refractivity contribution in [2.24, 2.45) is 0 Å². The van der Waals surface area contributed by atoms with Crippen LogP contribution >= 0.6 is 22.7 Å². The van der Waals surface area contributed by atoms with Crippen LogP contribution in [0.25, 0.3) is 84.1 Å². The Morgan fingerprint density at radius 2 is 0.716 bits per heavy atom. The summed E-state index contributed by atoms with van der Waals surface area (Å²) in [7, 11) is 0. The van der Waals surface area contributed by atoms with E-state index in [1.54, 1.807) is 0 Å². The Hall–Kier alpha value is -8.80. The first kappa shape index (κ1) is 48.1. The molecule has 0 aliphatic heterocycles. The van der Waals surface area contributed by atoms with Gasteiger partial charge in [0.15, 0.2) is 0 Å². The van der Waals surface area contributed by atoms with Gasteiger partial charge >= 0.3 is 0 Å². The number of thiophene rings is 2. The van der Waals surface area contributed by atoms with Gasteiger partial charge in [-0.2, -0.15) is 0 Å². The van der Waals surface area contributed by atoms with Crippen LogP contribution in [0, 0.1) is 0 Å². The summed E-state index contributed by atoms with van der Waals surface area (Å²) in [6.45, 7) is 14.1. The number of anilines is 6. The molecule has 81 heavy (non-hydrogen) atoms. The fraction of sp³-hybridized carbons (Fsp3) is 0.117. The average Bonchev–Trinajstić information content (AvgIpc) is 3.79. The Labute approximate surface area is 481 Å². The number of hydrogen-bond donors (Lipinski definition) is 0. The highest BCUT2D eigenvalue weighted by Crippen LogP contribution is 2.66.